The zero-order valence-electron chi connectivity index (χ0n) is 14.6. The molecule has 0 N–H and O–H groups in total. The first-order valence-electron chi connectivity index (χ1n) is 8.47. The lowest BCUT2D eigenvalue weighted by Gasteiger charge is -2.17. The smallest absolute Gasteiger partial charge is 0.122 e. The highest BCUT2D eigenvalue weighted by Gasteiger charge is 2.06. The van der Waals surface area contributed by atoms with E-state index in [1.165, 1.54) is 5.56 Å². The number of rotatable bonds is 8. The fourth-order valence-corrected chi connectivity index (χ4v) is 2.71. The van der Waals surface area contributed by atoms with Crippen LogP contribution in [0.5, 0.6) is 5.75 Å². The summed E-state index contributed by atoms with van der Waals surface area (Å²) in [6.45, 7) is 5.99. The van der Waals surface area contributed by atoms with Crippen LogP contribution in [-0.4, -0.2) is 35.1 Å². The molecule has 0 amide bonds. The number of hydrogen-bond donors (Lipinski definition) is 0. The van der Waals surface area contributed by atoms with Gasteiger partial charge in [0.05, 0.1) is 22.9 Å². The van der Waals surface area contributed by atoms with Crippen LogP contribution in [0.3, 0.4) is 0 Å². The first kappa shape index (κ1) is 17.1. The number of ether oxygens (including phenoxy) is 1. The number of likely N-dealkylation sites (N-methyl/N-ethyl adjacent to an activating group) is 1. The third-order valence-corrected chi connectivity index (χ3v) is 4.00. The molecule has 0 aliphatic rings. The summed E-state index contributed by atoms with van der Waals surface area (Å²) in [7, 11) is 2.07. The predicted octanol–water partition coefficient (Wildman–Crippen LogP) is 3.87. The number of benzene rings is 2. The monoisotopic (exact) mass is 333 g/mol. The van der Waals surface area contributed by atoms with Gasteiger partial charge in [0.1, 0.15) is 12.4 Å². The third kappa shape index (κ3) is 4.64. The summed E-state index contributed by atoms with van der Waals surface area (Å²) in [5, 5.41) is 0. The van der Waals surface area contributed by atoms with Crippen molar-refractivity contribution in [2.24, 2.45) is 0 Å². The second kappa shape index (κ2) is 8.40. The lowest BCUT2D eigenvalue weighted by molar-refractivity contribution is 0.230. The van der Waals surface area contributed by atoms with E-state index in [0.29, 0.717) is 6.61 Å². The van der Waals surface area contributed by atoms with Crippen molar-refractivity contribution in [2.75, 3.05) is 20.2 Å². The van der Waals surface area contributed by atoms with Crippen molar-refractivity contribution in [3.63, 3.8) is 0 Å². The van der Waals surface area contributed by atoms with Crippen molar-refractivity contribution < 1.29 is 4.74 Å². The van der Waals surface area contributed by atoms with E-state index in [4.69, 9.17) is 4.74 Å². The Morgan fingerprint density at radius 3 is 2.68 bits per heavy atom. The van der Waals surface area contributed by atoms with Gasteiger partial charge in [-0.25, -0.2) is 4.98 Å². The Hall–Kier alpha value is -2.72. The van der Waals surface area contributed by atoms with Crippen molar-refractivity contribution in [3.8, 4) is 5.75 Å². The molecule has 2 aromatic carbocycles. The largest absolute Gasteiger partial charge is 0.492 e. The third-order valence-electron chi connectivity index (χ3n) is 4.00. The lowest BCUT2D eigenvalue weighted by Crippen LogP contribution is -2.24. The quantitative estimate of drug-likeness (QED) is 0.587. The van der Waals surface area contributed by atoms with Crippen LogP contribution in [0.15, 0.2) is 67.4 Å². The Morgan fingerprint density at radius 1 is 1.08 bits per heavy atom. The van der Waals surface area contributed by atoms with Gasteiger partial charge in [0.2, 0.25) is 0 Å². The van der Waals surface area contributed by atoms with E-state index in [0.717, 1.165) is 42.0 Å². The van der Waals surface area contributed by atoms with Crippen LogP contribution in [0.1, 0.15) is 11.3 Å². The normalized spacial score (nSPS) is 11.0. The molecular weight excluding hydrogens is 310 g/mol. The van der Waals surface area contributed by atoms with Gasteiger partial charge in [-0.3, -0.25) is 9.88 Å². The maximum absolute atomic E-state index is 5.94. The second-order valence-corrected chi connectivity index (χ2v) is 6.04. The first-order valence-corrected chi connectivity index (χ1v) is 8.47. The molecule has 0 saturated carbocycles. The number of para-hydroxylation sites is 3. The SMILES string of the molecule is C=CCc1ccccc1OCCN(C)Cc1cnc2ccccc2n1. The molecule has 3 rings (SSSR count). The Bertz CT molecular complexity index is 847. The summed E-state index contributed by atoms with van der Waals surface area (Å²) in [6.07, 6.45) is 4.56. The van der Waals surface area contributed by atoms with Gasteiger partial charge in [-0.15, -0.1) is 6.58 Å². The maximum Gasteiger partial charge on any atom is 0.122 e. The predicted molar refractivity (Wildman–Crippen MR) is 102 cm³/mol. The number of nitrogens with zero attached hydrogens (tertiary/aromatic N) is 3. The Balaban J connectivity index is 1.54. The summed E-state index contributed by atoms with van der Waals surface area (Å²) in [5.41, 5.74) is 3.99. The molecule has 0 radical (unpaired) electrons. The van der Waals surface area contributed by atoms with Crippen LogP contribution in [0, 0.1) is 0 Å². The van der Waals surface area contributed by atoms with Gasteiger partial charge in [0.25, 0.3) is 0 Å². The minimum absolute atomic E-state index is 0.631. The van der Waals surface area contributed by atoms with Crippen LogP contribution in [0.2, 0.25) is 0 Å². The molecule has 0 fully saturated rings. The summed E-state index contributed by atoms with van der Waals surface area (Å²) in [4.78, 5) is 11.3. The van der Waals surface area contributed by atoms with E-state index in [2.05, 4.69) is 34.6 Å². The summed E-state index contributed by atoms with van der Waals surface area (Å²) in [5.74, 6) is 0.932. The average Bonchev–Trinajstić information content (AvgIpc) is 2.63. The van der Waals surface area contributed by atoms with Gasteiger partial charge in [0.15, 0.2) is 0 Å². The molecule has 25 heavy (non-hydrogen) atoms. The standard InChI is InChI=1S/C21H23N3O/c1-3-8-17-9-4-7-12-21(17)25-14-13-24(2)16-18-15-22-19-10-5-6-11-20(19)23-18/h3-7,9-12,15H,1,8,13-14,16H2,2H3. The highest BCUT2D eigenvalue weighted by atomic mass is 16.5. The Labute approximate surface area is 148 Å². The van der Waals surface area contributed by atoms with Gasteiger partial charge >= 0.3 is 0 Å². The molecule has 1 aromatic heterocycles. The molecule has 1 heterocycles. The highest BCUT2D eigenvalue weighted by molar-refractivity contribution is 5.73. The van der Waals surface area contributed by atoms with E-state index in [-0.39, 0.29) is 0 Å². The molecule has 3 aromatic rings. The molecule has 0 aliphatic carbocycles. The number of fused-ring (bicyclic) bond motifs is 1. The summed E-state index contributed by atoms with van der Waals surface area (Å²) in [6, 6.07) is 16.0. The van der Waals surface area contributed by atoms with Gasteiger partial charge in [-0.2, -0.15) is 0 Å². The zero-order chi connectivity index (χ0) is 17.5. The molecule has 0 atom stereocenters. The topological polar surface area (TPSA) is 38.2 Å². The molecular formula is C21H23N3O. The van der Waals surface area contributed by atoms with Gasteiger partial charge in [-0.1, -0.05) is 36.4 Å². The molecule has 0 aliphatic heterocycles. The van der Waals surface area contributed by atoms with Gasteiger partial charge in [-0.05, 0) is 37.2 Å². The van der Waals surface area contributed by atoms with Crippen LogP contribution in [0.4, 0.5) is 0 Å². The minimum Gasteiger partial charge on any atom is -0.492 e. The van der Waals surface area contributed by atoms with E-state index in [1.807, 2.05) is 54.7 Å². The van der Waals surface area contributed by atoms with E-state index in [1.54, 1.807) is 0 Å². The van der Waals surface area contributed by atoms with Crippen molar-refractivity contribution in [1.29, 1.82) is 0 Å². The molecule has 0 bridgehead atoms. The summed E-state index contributed by atoms with van der Waals surface area (Å²) >= 11 is 0. The van der Waals surface area contributed by atoms with E-state index >= 15 is 0 Å². The fourth-order valence-electron chi connectivity index (χ4n) is 2.71. The van der Waals surface area contributed by atoms with Gasteiger partial charge in [0, 0.05) is 13.1 Å². The lowest BCUT2D eigenvalue weighted by atomic mass is 10.1. The molecule has 0 saturated heterocycles. The Kier molecular flexibility index (Phi) is 5.75. The first-order chi connectivity index (χ1) is 12.3. The average molecular weight is 333 g/mol. The molecule has 128 valence electrons. The van der Waals surface area contributed by atoms with Crippen molar-refractivity contribution in [2.45, 2.75) is 13.0 Å². The number of aromatic nitrogens is 2. The van der Waals surface area contributed by atoms with Crippen molar-refractivity contribution >= 4 is 11.0 Å². The zero-order valence-corrected chi connectivity index (χ0v) is 14.6. The maximum atomic E-state index is 5.94. The number of hydrogen-bond acceptors (Lipinski definition) is 4. The van der Waals surface area contributed by atoms with Crippen LogP contribution in [-0.2, 0) is 13.0 Å². The molecule has 0 unspecified atom stereocenters. The van der Waals surface area contributed by atoms with Crippen LogP contribution < -0.4 is 4.74 Å². The van der Waals surface area contributed by atoms with Crippen LogP contribution >= 0.6 is 0 Å². The molecule has 0 spiro atoms. The van der Waals surface area contributed by atoms with E-state index in [9.17, 15) is 0 Å². The number of allylic oxidation sites excluding steroid dienone is 1. The van der Waals surface area contributed by atoms with Crippen molar-refractivity contribution in [1.82, 2.24) is 14.9 Å². The fraction of sp³-hybridized carbons (Fsp3) is 0.238. The molecule has 4 nitrogen and oxygen atoms in total. The highest BCUT2D eigenvalue weighted by Crippen LogP contribution is 2.18. The minimum atomic E-state index is 0.631. The summed E-state index contributed by atoms with van der Waals surface area (Å²) < 4.78 is 5.94. The van der Waals surface area contributed by atoms with Crippen LogP contribution in [0.25, 0.3) is 11.0 Å². The Morgan fingerprint density at radius 2 is 1.84 bits per heavy atom. The van der Waals surface area contributed by atoms with Gasteiger partial charge < -0.3 is 4.74 Å². The van der Waals surface area contributed by atoms with E-state index < -0.39 is 0 Å². The second-order valence-electron chi connectivity index (χ2n) is 6.04. The molecule has 4 heteroatoms. The van der Waals surface area contributed by atoms with Crippen molar-refractivity contribution in [3.05, 3.63) is 78.6 Å².